The highest BCUT2D eigenvalue weighted by molar-refractivity contribution is 6.07. The SMILES string of the molecule is CC(C)(C)c1ccc2c(c1)C(C)(C)c1cc(C(C)(C)C)cc(-c3cccc(C(c4ccc5c(c4)C(C)(C)c4ccccc4-5)c4cccc5oc6ccccc6c45)c3)c1-2. The molecule has 7 aromatic carbocycles. The topological polar surface area (TPSA) is 13.1 Å². The predicted molar refractivity (Wildman–Crippen MR) is 246 cm³/mol. The van der Waals surface area contributed by atoms with Crippen LogP contribution in [-0.2, 0) is 21.7 Å². The fourth-order valence-electron chi connectivity index (χ4n) is 10.4. The fraction of sp³-hybridized carbons (Fsp3) is 0.263. The van der Waals surface area contributed by atoms with Crippen LogP contribution in [0.25, 0.3) is 55.3 Å². The number of hydrogen-bond acceptors (Lipinski definition) is 1. The highest BCUT2D eigenvalue weighted by atomic mass is 16.3. The van der Waals surface area contributed by atoms with Gasteiger partial charge in [0, 0.05) is 27.5 Å². The molecule has 0 spiro atoms. The van der Waals surface area contributed by atoms with Gasteiger partial charge in [-0.25, -0.2) is 0 Å². The first-order chi connectivity index (χ1) is 27.5. The molecular weight excluding hydrogens is 701 g/mol. The quantitative estimate of drug-likeness (QED) is 0.163. The molecule has 1 heterocycles. The summed E-state index contributed by atoms with van der Waals surface area (Å²) < 4.78 is 6.53. The number of hydrogen-bond donors (Lipinski definition) is 0. The lowest BCUT2D eigenvalue weighted by Gasteiger charge is -2.28. The van der Waals surface area contributed by atoms with Gasteiger partial charge in [-0.15, -0.1) is 0 Å². The fourth-order valence-corrected chi connectivity index (χ4v) is 10.4. The molecule has 0 amide bonds. The molecule has 1 heteroatoms. The van der Waals surface area contributed by atoms with Crippen molar-refractivity contribution in [1.82, 2.24) is 0 Å². The second-order valence-corrected chi connectivity index (χ2v) is 20.2. The number of para-hydroxylation sites is 1. The molecular formula is C57H54O. The van der Waals surface area contributed by atoms with Gasteiger partial charge in [-0.05, 0) is 112 Å². The Morgan fingerprint density at radius 2 is 1.07 bits per heavy atom. The molecule has 288 valence electrons. The Balaban J connectivity index is 1.23. The first kappa shape index (κ1) is 36.7. The lowest BCUT2D eigenvalue weighted by atomic mass is 9.76. The lowest BCUT2D eigenvalue weighted by molar-refractivity contribution is 0.580. The van der Waals surface area contributed by atoms with Crippen LogP contribution in [0.3, 0.4) is 0 Å². The Kier molecular flexibility index (Phi) is 7.85. The van der Waals surface area contributed by atoms with E-state index in [1.807, 2.05) is 0 Å². The smallest absolute Gasteiger partial charge is 0.135 e. The molecule has 0 saturated heterocycles. The second kappa shape index (κ2) is 12.4. The molecule has 0 radical (unpaired) electrons. The summed E-state index contributed by atoms with van der Waals surface area (Å²) in [6.45, 7) is 23.6. The average Bonchev–Trinajstić information content (AvgIpc) is 3.77. The molecule has 1 atom stereocenters. The Labute approximate surface area is 344 Å². The number of rotatable bonds is 4. The van der Waals surface area contributed by atoms with E-state index in [0.717, 1.165) is 16.6 Å². The third-order valence-corrected chi connectivity index (χ3v) is 13.7. The van der Waals surface area contributed by atoms with Crippen LogP contribution in [0.1, 0.15) is 125 Å². The molecule has 2 aliphatic rings. The van der Waals surface area contributed by atoms with Crippen LogP contribution in [0.2, 0.25) is 0 Å². The summed E-state index contributed by atoms with van der Waals surface area (Å²) in [5.41, 5.74) is 21.9. The molecule has 0 saturated carbocycles. The third-order valence-electron chi connectivity index (χ3n) is 13.7. The maximum atomic E-state index is 6.53. The second-order valence-electron chi connectivity index (χ2n) is 20.2. The minimum atomic E-state index is -0.130. The maximum Gasteiger partial charge on any atom is 0.135 e. The first-order valence-corrected chi connectivity index (χ1v) is 21.1. The first-order valence-electron chi connectivity index (χ1n) is 21.1. The average molecular weight is 755 g/mol. The van der Waals surface area contributed by atoms with Crippen LogP contribution in [0, 0.1) is 0 Å². The van der Waals surface area contributed by atoms with Gasteiger partial charge in [0.1, 0.15) is 11.2 Å². The van der Waals surface area contributed by atoms with E-state index in [0.29, 0.717) is 0 Å². The van der Waals surface area contributed by atoms with Crippen LogP contribution in [0.4, 0.5) is 0 Å². The van der Waals surface area contributed by atoms with E-state index in [-0.39, 0.29) is 27.6 Å². The zero-order valence-corrected chi connectivity index (χ0v) is 35.8. The van der Waals surface area contributed by atoms with Gasteiger partial charge in [0.15, 0.2) is 0 Å². The van der Waals surface area contributed by atoms with Gasteiger partial charge in [-0.3, -0.25) is 0 Å². The Bertz CT molecular complexity index is 2970. The highest BCUT2D eigenvalue weighted by Crippen LogP contribution is 2.55. The Morgan fingerprint density at radius 1 is 0.448 bits per heavy atom. The van der Waals surface area contributed by atoms with Gasteiger partial charge in [0.25, 0.3) is 0 Å². The largest absolute Gasteiger partial charge is 0.456 e. The van der Waals surface area contributed by atoms with Crippen molar-refractivity contribution in [2.24, 2.45) is 0 Å². The van der Waals surface area contributed by atoms with Gasteiger partial charge in [-0.2, -0.15) is 0 Å². The molecule has 2 aliphatic carbocycles. The third kappa shape index (κ3) is 5.42. The molecule has 1 nitrogen and oxygen atoms in total. The highest BCUT2D eigenvalue weighted by Gasteiger charge is 2.40. The van der Waals surface area contributed by atoms with Gasteiger partial charge < -0.3 is 4.42 Å². The predicted octanol–water partition coefficient (Wildman–Crippen LogP) is 15.6. The number of fused-ring (bicyclic) bond motifs is 9. The van der Waals surface area contributed by atoms with Crippen LogP contribution < -0.4 is 0 Å². The molecule has 58 heavy (non-hydrogen) atoms. The molecule has 8 aromatic rings. The van der Waals surface area contributed by atoms with Crippen molar-refractivity contribution in [1.29, 1.82) is 0 Å². The van der Waals surface area contributed by atoms with E-state index < -0.39 is 0 Å². The van der Waals surface area contributed by atoms with E-state index in [9.17, 15) is 0 Å². The van der Waals surface area contributed by atoms with E-state index in [1.54, 1.807) is 0 Å². The molecule has 1 aromatic heterocycles. The van der Waals surface area contributed by atoms with Crippen molar-refractivity contribution in [3.8, 4) is 33.4 Å². The molecule has 0 N–H and O–H groups in total. The molecule has 10 rings (SSSR count). The zero-order valence-electron chi connectivity index (χ0n) is 35.8. The molecule has 0 aliphatic heterocycles. The van der Waals surface area contributed by atoms with E-state index in [2.05, 4.69) is 209 Å². The van der Waals surface area contributed by atoms with Crippen LogP contribution >= 0.6 is 0 Å². The van der Waals surface area contributed by atoms with Crippen molar-refractivity contribution in [2.45, 2.75) is 96.8 Å². The van der Waals surface area contributed by atoms with Crippen molar-refractivity contribution in [3.05, 3.63) is 190 Å². The summed E-state index contributed by atoms with van der Waals surface area (Å²) in [6.07, 6.45) is 0. The minimum absolute atomic E-state index is 0.0157. The van der Waals surface area contributed by atoms with E-state index in [1.165, 1.54) is 88.8 Å². The summed E-state index contributed by atoms with van der Waals surface area (Å²) in [6, 6.07) is 53.1. The summed E-state index contributed by atoms with van der Waals surface area (Å²) in [7, 11) is 0. The van der Waals surface area contributed by atoms with E-state index >= 15 is 0 Å². The van der Waals surface area contributed by atoms with Gasteiger partial charge in [0.2, 0.25) is 0 Å². The van der Waals surface area contributed by atoms with Crippen molar-refractivity contribution in [2.75, 3.05) is 0 Å². The van der Waals surface area contributed by atoms with E-state index in [4.69, 9.17) is 4.42 Å². The zero-order chi connectivity index (χ0) is 40.5. The number of furan rings is 1. The molecule has 0 bridgehead atoms. The van der Waals surface area contributed by atoms with Gasteiger partial charge in [-0.1, -0.05) is 191 Å². The Hall–Kier alpha value is -5.66. The maximum absolute atomic E-state index is 6.53. The van der Waals surface area contributed by atoms with Crippen molar-refractivity contribution in [3.63, 3.8) is 0 Å². The lowest BCUT2D eigenvalue weighted by Crippen LogP contribution is -2.19. The van der Waals surface area contributed by atoms with Crippen LogP contribution in [-0.4, -0.2) is 0 Å². The van der Waals surface area contributed by atoms with Gasteiger partial charge in [0.05, 0.1) is 0 Å². The summed E-state index contributed by atoms with van der Waals surface area (Å²) >= 11 is 0. The molecule has 0 fully saturated rings. The van der Waals surface area contributed by atoms with Crippen LogP contribution in [0.5, 0.6) is 0 Å². The van der Waals surface area contributed by atoms with Crippen molar-refractivity contribution >= 4 is 21.9 Å². The Morgan fingerprint density at radius 3 is 1.86 bits per heavy atom. The normalized spacial score (nSPS) is 15.6. The minimum Gasteiger partial charge on any atom is -0.456 e. The summed E-state index contributed by atoms with van der Waals surface area (Å²) in [5.74, 6) is -0.0358. The van der Waals surface area contributed by atoms with Crippen LogP contribution in [0.15, 0.2) is 144 Å². The van der Waals surface area contributed by atoms with Gasteiger partial charge >= 0.3 is 0 Å². The van der Waals surface area contributed by atoms with Crippen molar-refractivity contribution < 1.29 is 4.42 Å². The summed E-state index contributed by atoms with van der Waals surface area (Å²) in [5, 5.41) is 2.35. The standard InChI is InChI=1S/C57H54O/c1-54(2,3)37-26-28-41-47(32-37)57(9,10)48-33-38(55(4,5)6)31-44(52(41)48)34-17-15-18-35(29-34)51(43-21-16-24-50-53(43)42-20-12-14-23-49(42)58-50)36-25-27-40-39-19-11-13-22-45(39)56(7,8)46(40)30-36/h11-33,51H,1-10H3. The molecule has 1 unspecified atom stereocenters. The number of benzene rings is 7. The monoisotopic (exact) mass is 754 g/mol. The summed E-state index contributed by atoms with van der Waals surface area (Å²) in [4.78, 5) is 0.